The number of rotatable bonds is 4. The van der Waals surface area contributed by atoms with Crippen LogP contribution in [-0.4, -0.2) is 29.8 Å². The van der Waals surface area contributed by atoms with Crippen molar-refractivity contribution in [1.29, 1.82) is 0 Å². The number of aliphatic carboxylic acids is 1. The Hall–Kier alpha value is -2.04. The summed E-state index contributed by atoms with van der Waals surface area (Å²) in [5, 5.41) is 9.19. The summed E-state index contributed by atoms with van der Waals surface area (Å²) >= 11 is 0. The molecule has 5 heteroatoms. The van der Waals surface area contributed by atoms with Crippen LogP contribution in [0.1, 0.15) is 18.9 Å². The fourth-order valence-electron chi connectivity index (χ4n) is 2.22. The monoisotopic (exact) mass is 264 g/mol. The van der Waals surface area contributed by atoms with Gasteiger partial charge in [-0.05, 0) is 31.4 Å². The average Bonchev–Trinajstić information content (AvgIpc) is 2.38. The van der Waals surface area contributed by atoms with Gasteiger partial charge in [0.2, 0.25) is 0 Å². The van der Waals surface area contributed by atoms with Gasteiger partial charge in [0.1, 0.15) is 11.9 Å². The van der Waals surface area contributed by atoms with Crippen molar-refractivity contribution >= 4 is 11.9 Å². The number of carbonyl (C=O) groups excluding carboxylic acids is 1. The maximum Gasteiger partial charge on any atom is 0.324 e. The van der Waals surface area contributed by atoms with Crippen molar-refractivity contribution < 1.29 is 24.2 Å². The first-order valence-corrected chi connectivity index (χ1v) is 6.27. The molecule has 1 aliphatic heterocycles. The summed E-state index contributed by atoms with van der Waals surface area (Å²) in [6.45, 7) is 1.81. The molecular formula is C14H16O5. The first-order chi connectivity index (χ1) is 9.13. The number of ether oxygens (including phenoxy) is 2. The topological polar surface area (TPSA) is 72.8 Å². The van der Waals surface area contributed by atoms with Gasteiger partial charge < -0.3 is 14.6 Å². The fourth-order valence-corrected chi connectivity index (χ4v) is 2.22. The SMILES string of the molecule is CCOC(=O)C(C(=O)O)C1CCc2ccccc2O1. The van der Waals surface area contributed by atoms with Crippen molar-refractivity contribution in [3.05, 3.63) is 29.8 Å². The number of carboxylic acids is 1. The highest BCUT2D eigenvalue weighted by Gasteiger charge is 2.39. The Balaban J connectivity index is 2.17. The predicted molar refractivity (Wildman–Crippen MR) is 66.9 cm³/mol. The Kier molecular flexibility index (Phi) is 4.04. The van der Waals surface area contributed by atoms with Crippen LogP contribution in [0.3, 0.4) is 0 Å². The van der Waals surface area contributed by atoms with Crippen LogP contribution in [0.4, 0.5) is 0 Å². The maximum absolute atomic E-state index is 11.7. The Morgan fingerprint density at radius 2 is 2.21 bits per heavy atom. The molecule has 0 radical (unpaired) electrons. The van der Waals surface area contributed by atoms with E-state index < -0.39 is 24.0 Å². The van der Waals surface area contributed by atoms with Crippen molar-refractivity contribution in [3.63, 3.8) is 0 Å². The van der Waals surface area contributed by atoms with Gasteiger partial charge in [0.25, 0.3) is 0 Å². The lowest BCUT2D eigenvalue weighted by atomic mass is 9.93. The largest absolute Gasteiger partial charge is 0.489 e. The van der Waals surface area contributed by atoms with Crippen LogP contribution in [0.2, 0.25) is 0 Å². The van der Waals surface area contributed by atoms with Crippen LogP contribution >= 0.6 is 0 Å². The van der Waals surface area contributed by atoms with Crippen LogP contribution < -0.4 is 4.74 Å². The number of hydrogen-bond donors (Lipinski definition) is 1. The summed E-state index contributed by atoms with van der Waals surface area (Å²) in [6.07, 6.45) is 0.517. The van der Waals surface area contributed by atoms with Gasteiger partial charge >= 0.3 is 11.9 Å². The molecular weight excluding hydrogens is 248 g/mol. The quantitative estimate of drug-likeness (QED) is 0.661. The molecule has 2 rings (SSSR count). The maximum atomic E-state index is 11.7. The number of benzene rings is 1. The number of esters is 1. The predicted octanol–water partition coefficient (Wildman–Crippen LogP) is 1.64. The molecule has 5 nitrogen and oxygen atoms in total. The van der Waals surface area contributed by atoms with E-state index in [0.29, 0.717) is 18.6 Å². The van der Waals surface area contributed by atoms with Crippen LogP contribution in [0, 0.1) is 5.92 Å². The van der Waals surface area contributed by atoms with Crippen LogP contribution in [0.5, 0.6) is 5.75 Å². The molecule has 2 atom stereocenters. The Bertz CT molecular complexity index is 482. The standard InChI is InChI=1S/C14H16O5/c1-2-18-14(17)12(13(15)16)11-8-7-9-5-3-4-6-10(9)19-11/h3-6,11-12H,2,7-8H2,1H3,(H,15,16). The van der Waals surface area contributed by atoms with Crippen molar-refractivity contribution in [1.82, 2.24) is 0 Å². The molecule has 102 valence electrons. The second kappa shape index (κ2) is 5.73. The van der Waals surface area contributed by atoms with Gasteiger partial charge in [-0.1, -0.05) is 18.2 Å². The average molecular weight is 264 g/mol. The van der Waals surface area contributed by atoms with E-state index in [1.54, 1.807) is 13.0 Å². The first kappa shape index (κ1) is 13.4. The van der Waals surface area contributed by atoms with Gasteiger partial charge in [0.05, 0.1) is 6.61 Å². The number of para-hydroxylation sites is 1. The zero-order valence-electron chi connectivity index (χ0n) is 10.7. The van der Waals surface area contributed by atoms with Gasteiger partial charge in [-0.15, -0.1) is 0 Å². The summed E-state index contributed by atoms with van der Waals surface area (Å²) < 4.78 is 10.4. The second-order valence-corrected chi connectivity index (χ2v) is 4.37. The van der Waals surface area contributed by atoms with Crippen LogP contribution in [0.25, 0.3) is 0 Å². The smallest absolute Gasteiger partial charge is 0.324 e. The number of carboxylic acid groups (broad SMARTS) is 1. The summed E-state index contributed by atoms with van der Waals surface area (Å²) in [5.41, 5.74) is 1.03. The molecule has 1 heterocycles. The molecule has 0 amide bonds. The minimum Gasteiger partial charge on any atom is -0.489 e. The molecule has 1 aromatic rings. The molecule has 2 unspecified atom stereocenters. The second-order valence-electron chi connectivity index (χ2n) is 4.37. The summed E-state index contributed by atoms with van der Waals surface area (Å²) in [6, 6.07) is 7.45. The van der Waals surface area contributed by atoms with Gasteiger partial charge in [-0.25, -0.2) is 0 Å². The highest BCUT2D eigenvalue weighted by molar-refractivity contribution is 5.94. The zero-order valence-corrected chi connectivity index (χ0v) is 10.7. The molecule has 0 saturated heterocycles. The zero-order chi connectivity index (χ0) is 13.8. The molecule has 0 bridgehead atoms. The van der Waals surface area contributed by atoms with E-state index in [9.17, 15) is 14.7 Å². The summed E-state index contributed by atoms with van der Waals surface area (Å²) in [5.74, 6) is -2.56. The van der Waals surface area contributed by atoms with E-state index in [1.165, 1.54) is 0 Å². The van der Waals surface area contributed by atoms with Crippen molar-refractivity contribution in [2.45, 2.75) is 25.9 Å². The first-order valence-electron chi connectivity index (χ1n) is 6.27. The lowest BCUT2D eigenvalue weighted by Crippen LogP contribution is -2.41. The van der Waals surface area contributed by atoms with Crippen molar-refractivity contribution in [2.75, 3.05) is 6.61 Å². The normalized spacial score (nSPS) is 18.9. The Morgan fingerprint density at radius 3 is 2.89 bits per heavy atom. The molecule has 1 aromatic carbocycles. The minimum atomic E-state index is -1.27. The van der Waals surface area contributed by atoms with E-state index in [0.717, 1.165) is 5.56 Å². The van der Waals surface area contributed by atoms with Crippen LogP contribution in [-0.2, 0) is 20.7 Å². The lowest BCUT2D eigenvalue weighted by Gasteiger charge is -2.29. The fraction of sp³-hybridized carbons (Fsp3) is 0.429. The molecule has 0 spiro atoms. The number of carbonyl (C=O) groups is 2. The van der Waals surface area contributed by atoms with E-state index in [4.69, 9.17) is 9.47 Å². The third-order valence-electron chi connectivity index (χ3n) is 3.13. The van der Waals surface area contributed by atoms with Crippen molar-refractivity contribution in [3.8, 4) is 5.75 Å². The molecule has 0 aliphatic carbocycles. The van der Waals surface area contributed by atoms with Crippen molar-refractivity contribution in [2.24, 2.45) is 5.92 Å². The molecule has 19 heavy (non-hydrogen) atoms. The van der Waals surface area contributed by atoms with E-state index in [1.807, 2.05) is 18.2 Å². The van der Waals surface area contributed by atoms with E-state index >= 15 is 0 Å². The highest BCUT2D eigenvalue weighted by Crippen LogP contribution is 2.30. The molecule has 0 saturated carbocycles. The highest BCUT2D eigenvalue weighted by atomic mass is 16.5. The third kappa shape index (κ3) is 2.86. The number of aryl methyl sites for hydroxylation is 1. The van der Waals surface area contributed by atoms with Gasteiger partial charge in [-0.2, -0.15) is 0 Å². The number of fused-ring (bicyclic) bond motifs is 1. The molecule has 1 aliphatic rings. The lowest BCUT2D eigenvalue weighted by molar-refractivity contribution is -0.163. The summed E-state index contributed by atoms with van der Waals surface area (Å²) in [7, 11) is 0. The van der Waals surface area contributed by atoms with Gasteiger partial charge in [-0.3, -0.25) is 9.59 Å². The Morgan fingerprint density at radius 1 is 1.47 bits per heavy atom. The molecule has 1 N–H and O–H groups in total. The van der Waals surface area contributed by atoms with Gasteiger partial charge in [0.15, 0.2) is 5.92 Å². The summed E-state index contributed by atoms with van der Waals surface area (Å²) in [4.78, 5) is 23.0. The van der Waals surface area contributed by atoms with E-state index in [-0.39, 0.29) is 6.61 Å². The minimum absolute atomic E-state index is 0.159. The number of hydrogen-bond acceptors (Lipinski definition) is 4. The molecule has 0 aromatic heterocycles. The Labute approximate surface area is 111 Å². The van der Waals surface area contributed by atoms with Crippen LogP contribution in [0.15, 0.2) is 24.3 Å². The van der Waals surface area contributed by atoms with E-state index in [2.05, 4.69) is 0 Å². The molecule has 0 fully saturated rings. The third-order valence-corrected chi connectivity index (χ3v) is 3.13. The van der Waals surface area contributed by atoms with Gasteiger partial charge in [0, 0.05) is 0 Å².